The summed E-state index contributed by atoms with van der Waals surface area (Å²) in [6, 6.07) is 16.5. The topological polar surface area (TPSA) is 64.6 Å². The van der Waals surface area contributed by atoms with E-state index in [4.69, 9.17) is 9.47 Å². The van der Waals surface area contributed by atoms with Gasteiger partial charge in [0.05, 0.1) is 19.8 Å². The quantitative estimate of drug-likeness (QED) is 0.469. The van der Waals surface area contributed by atoms with Crippen molar-refractivity contribution in [1.82, 2.24) is 5.32 Å². The van der Waals surface area contributed by atoms with Crippen molar-refractivity contribution in [3.63, 3.8) is 0 Å². The van der Waals surface area contributed by atoms with Crippen LogP contribution in [-0.2, 0) is 14.3 Å². The summed E-state index contributed by atoms with van der Waals surface area (Å²) in [6.45, 7) is 6.84. The Bertz CT molecular complexity index is 773. The summed E-state index contributed by atoms with van der Waals surface area (Å²) in [5, 5.41) is 2.91. The number of hydrogen-bond acceptors (Lipinski definition) is 4. The number of esters is 1. The van der Waals surface area contributed by atoms with E-state index in [1.165, 1.54) is 7.11 Å². The van der Waals surface area contributed by atoms with Gasteiger partial charge in [0.25, 0.3) is 0 Å². The van der Waals surface area contributed by atoms with Gasteiger partial charge in [0.2, 0.25) is 5.91 Å². The standard InChI is InChI=1S/C24H31NO4/c1-5-9-17(2)16-29-21-14-12-20(13-15-21)22(24(27)28-4)23(26)25-18(3)19-10-7-6-8-11-19/h6-8,10-15,17-18,22H,5,9,16H2,1-4H3,(H,25,26)/t17?,18-,22?/m0/s1. The fraction of sp³-hybridized carbons (Fsp3) is 0.417. The van der Waals surface area contributed by atoms with Gasteiger partial charge >= 0.3 is 5.97 Å². The van der Waals surface area contributed by atoms with Crippen LogP contribution < -0.4 is 10.1 Å². The predicted octanol–water partition coefficient (Wildman–Crippen LogP) is 4.64. The minimum atomic E-state index is -1.03. The maximum absolute atomic E-state index is 12.9. The minimum absolute atomic E-state index is 0.224. The summed E-state index contributed by atoms with van der Waals surface area (Å²) in [6.07, 6.45) is 2.24. The Morgan fingerprint density at radius 1 is 0.966 bits per heavy atom. The summed E-state index contributed by atoms with van der Waals surface area (Å²) in [7, 11) is 1.29. The Balaban J connectivity index is 2.09. The van der Waals surface area contributed by atoms with E-state index in [1.807, 2.05) is 37.3 Å². The van der Waals surface area contributed by atoms with Crippen molar-refractivity contribution >= 4 is 11.9 Å². The van der Waals surface area contributed by atoms with Crippen LogP contribution in [-0.4, -0.2) is 25.6 Å². The number of carbonyl (C=O) groups is 2. The zero-order valence-corrected chi connectivity index (χ0v) is 17.7. The first-order valence-electron chi connectivity index (χ1n) is 10.1. The number of rotatable bonds is 10. The molecular formula is C24H31NO4. The Hall–Kier alpha value is -2.82. The van der Waals surface area contributed by atoms with Crippen molar-refractivity contribution < 1.29 is 19.1 Å². The molecule has 0 aromatic heterocycles. The van der Waals surface area contributed by atoms with Crippen LogP contribution in [0.25, 0.3) is 0 Å². The molecule has 2 unspecified atom stereocenters. The van der Waals surface area contributed by atoms with E-state index in [9.17, 15) is 9.59 Å². The Kier molecular flexibility index (Phi) is 8.71. The Morgan fingerprint density at radius 3 is 2.21 bits per heavy atom. The summed E-state index contributed by atoms with van der Waals surface area (Å²) in [5.74, 6) is -0.809. The lowest BCUT2D eigenvalue weighted by Gasteiger charge is -2.20. The Labute approximate surface area is 173 Å². The van der Waals surface area contributed by atoms with E-state index in [-0.39, 0.29) is 6.04 Å². The van der Waals surface area contributed by atoms with Gasteiger partial charge in [-0.2, -0.15) is 0 Å². The molecule has 0 radical (unpaired) electrons. The van der Waals surface area contributed by atoms with E-state index in [0.717, 1.165) is 24.2 Å². The van der Waals surface area contributed by atoms with Crippen molar-refractivity contribution in [1.29, 1.82) is 0 Å². The lowest BCUT2D eigenvalue weighted by Crippen LogP contribution is -2.36. The van der Waals surface area contributed by atoms with Crippen LogP contribution in [0, 0.1) is 5.92 Å². The van der Waals surface area contributed by atoms with E-state index in [2.05, 4.69) is 19.2 Å². The van der Waals surface area contributed by atoms with Gasteiger partial charge in [0, 0.05) is 0 Å². The van der Waals surface area contributed by atoms with Gasteiger partial charge < -0.3 is 14.8 Å². The molecule has 0 aliphatic heterocycles. The molecule has 5 heteroatoms. The number of hydrogen-bond donors (Lipinski definition) is 1. The number of carbonyl (C=O) groups excluding carboxylic acids is 2. The summed E-state index contributed by atoms with van der Waals surface area (Å²) < 4.78 is 10.7. The highest BCUT2D eigenvalue weighted by atomic mass is 16.5. The van der Waals surface area contributed by atoms with Gasteiger partial charge in [0.1, 0.15) is 5.75 Å². The number of amides is 1. The Morgan fingerprint density at radius 2 is 1.62 bits per heavy atom. The van der Waals surface area contributed by atoms with Crippen LogP contribution in [0.1, 0.15) is 56.7 Å². The first-order valence-corrected chi connectivity index (χ1v) is 10.1. The number of nitrogens with one attached hydrogen (secondary N) is 1. The second kappa shape index (κ2) is 11.2. The molecule has 0 heterocycles. The molecule has 2 rings (SSSR count). The second-order valence-electron chi connectivity index (χ2n) is 7.37. The largest absolute Gasteiger partial charge is 0.493 e. The van der Waals surface area contributed by atoms with Crippen LogP contribution in [0.2, 0.25) is 0 Å². The summed E-state index contributed by atoms with van der Waals surface area (Å²) in [4.78, 5) is 25.2. The lowest BCUT2D eigenvalue weighted by atomic mass is 9.97. The van der Waals surface area contributed by atoms with Gasteiger partial charge in [-0.15, -0.1) is 0 Å². The van der Waals surface area contributed by atoms with Crippen molar-refractivity contribution in [2.45, 2.75) is 45.6 Å². The fourth-order valence-corrected chi connectivity index (χ4v) is 3.21. The monoisotopic (exact) mass is 397 g/mol. The average Bonchev–Trinajstić information content (AvgIpc) is 2.74. The molecule has 1 amide bonds. The number of benzene rings is 2. The van der Waals surface area contributed by atoms with Gasteiger partial charge in [-0.1, -0.05) is 62.7 Å². The maximum Gasteiger partial charge on any atom is 0.322 e. The van der Waals surface area contributed by atoms with Gasteiger partial charge in [0.15, 0.2) is 5.92 Å². The van der Waals surface area contributed by atoms with Crippen LogP contribution in [0.15, 0.2) is 54.6 Å². The van der Waals surface area contributed by atoms with Crippen molar-refractivity contribution in [3.8, 4) is 5.75 Å². The number of ether oxygens (including phenoxy) is 2. The van der Waals surface area contributed by atoms with Gasteiger partial charge in [-0.3, -0.25) is 9.59 Å². The molecule has 0 bridgehead atoms. The molecule has 2 aromatic rings. The molecule has 0 saturated heterocycles. The van der Waals surface area contributed by atoms with E-state index in [0.29, 0.717) is 18.1 Å². The molecule has 0 aliphatic carbocycles. The molecule has 156 valence electrons. The molecule has 1 N–H and O–H groups in total. The zero-order valence-electron chi connectivity index (χ0n) is 17.7. The third kappa shape index (κ3) is 6.63. The lowest BCUT2D eigenvalue weighted by molar-refractivity contribution is -0.146. The van der Waals surface area contributed by atoms with Crippen LogP contribution in [0.4, 0.5) is 0 Å². The molecule has 29 heavy (non-hydrogen) atoms. The van der Waals surface area contributed by atoms with Crippen molar-refractivity contribution in [3.05, 3.63) is 65.7 Å². The smallest absolute Gasteiger partial charge is 0.322 e. The number of methoxy groups -OCH3 is 1. The van der Waals surface area contributed by atoms with E-state index >= 15 is 0 Å². The first-order chi connectivity index (χ1) is 14.0. The minimum Gasteiger partial charge on any atom is -0.493 e. The molecule has 0 saturated carbocycles. The van der Waals surface area contributed by atoms with E-state index < -0.39 is 17.8 Å². The zero-order chi connectivity index (χ0) is 21.2. The predicted molar refractivity (Wildman–Crippen MR) is 114 cm³/mol. The summed E-state index contributed by atoms with van der Waals surface area (Å²) >= 11 is 0. The van der Waals surface area contributed by atoms with Crippen LogP contribution >= 0.6 is 0 Å². The van der Waals surface area contributed by atoms with Crippen LogP contribution in [0.3, 0.4) is 0 Å². The SMILES string of the molecule is CCCC(C)COc1ccc(C(C(=O)N[C@@H](C)c2ccccc2)C(=O)OC)cc1. The molecule has 3 atom stereocenters. The third-order valence-corrected chi connectivity index (χ3v) is 4.89. The molecular weight excluding hydrogens is 366 g/mol. The van der Waals surface area contributed by atoms with E-state index in [1.54, 1.807) is 24.3 Å². The second-order valence-corrected chi connectivity index (χ2v) is 7.37. The summed E-state index contributed by atoms with van der Waals surface area (Å²) in [5.41, 5.74) is 1.54. The fourth-order valence-electron chi connectivity index (χ4n) is 3.21. The highest BCUT2D eigenvalue weighted by Gasteiger charge is 2.30. The maximum atomic E-state index is 12.9. The molecule has 0 spiro atoms. The van der Waals surface area contributed by atoms with Gasteiger partial charge in [-0.25, -0.2) is 0 Å². The van der Waals surface area contributed by atoms with Gasteiger partial charge in [-0.05, 0) is 42.5 Å². The molecule has 0 aliphatic rings. The molecule has 2 aromatic carbocycles. The molecule has 5 nitrogen and oxygen atoms in total. The average molecular weight is 398 g/mol. The highest BCUT2D eigenvalue weighted by Crippen LogP contribution is 2.23. The highest BCUT2D eigenvalue weighted by molar-refractivity contribution is 6.03. The molecule has 0 fully saturated rings. The van der Waals surface area contributed by atoms with Crippen molar-refractivity contribution in [2.75, 3.05) is 13.7 Å². The van der Waals surface area contributed by atoms with Crippen molar-refractivity contribution in [2.24, 2.45) is 5.92 Å². The third-order valence-electron chi connectivity index (χ3n) is 4.89. The van der Waals surface area contributed by atoms with Crippen LogP contribution in [0.5, 0.6) is 5.75 Å². The first kappa shape index (κ1) is 22.5. The normalized spacial score (nSPS) is 13.8.